The molecule has 0 saturated carbocycles. The van der Waals surface area contributed by atoms with Crippen LogP contribution in [-0.4, -0.2) is 225 Å². The minimum atomic E-state index is -4.70. The predicted octanol–water partition coefficient (Wildman–Crippen LogP) is 2.50. The van der Waals surface area contributed by atoms with E-state index in [9.17, 15) is 75.2 Å². The summed E-state index contributed by atoms with van der Waals surface area (Å²) in [4.78, 5) is 40.0. The molecule has 0 radical (unpaired) electrons. The van der Waals surface area contributed by atoms with Crippen LogP contribution in [0.3, 0.4) is 0 Å². The Morgan fingerprint density at radius 2 is 0.880 bits per heavy atom. The topological polar surface area (TPSA) is 401 Å². The van der Waals surface area contributed by atoms with Gasteiger partial charge in [0.1, 0.15) is 79.9 Å². The summed E-state index contributed by atoms with van der Waals surface area (Å²) in [7, 11) is -4.70. The van der Waals surface area contributed by atoms with E-state index in [2.05, 4.69) is 18.8 Å². The maximum absolute atomic E-state index is 12.9. The molecule has 11 N–H and O–H groups in total. The second-order valence-electron chi connectivity index (χ2n) is 24.7. The van der Waals surface area contributed by atoms with Gasteiger partial charge in [0, 0.05) is 19.4 Å². The fourth-order valence-corrected chi connectivity index (χ4v) is 11.9. The van der Waals surface area contributed by atoms with Crippen LogP contribution in [0, 0.1) is 0 Å². The first-order valence-corrected chi connectivity index (χ1v) is 36.1. The van der Waals surface area contributed by atoms with E-state index in [1.807, 2.05) is 0 Å². The summed E-state index contributed by atoms with van der Waals surface area (Å²) < 4.78 is 68.0. The first-order chi connectivity index (χ1) is 43.9. The number of aliphatic imine (C=N–C) groups is 1. The van der Waals surface area contributed by atoms with Crippen LogP contribution in [0.4, 0.5) is 0 Å². The zero-order chi connectivity index (χ0) is 66.7. The molecule has 3 saturated heterocycles. The molecule has 0 aliphatic carbocycles. The van der Waals surface area contributed by atoms with Gasteiger partial charge in [0.25, 0.3) is 0 Å². The fraction of sp³-hybridized carbons (Fsp3) is 0.953. The normalized spacial score (nSPS) is 27.9. The summed E-state index contributed by atoms with van der Waals surface area (Å²) in [5.74, 6) is -1.42. The van der Waals surface area contributed by atoms with Crippen molar-refractivity contribution >= 4 is 25.7 Å². The van der Waals surface area contributed by atoms with Gasteiger partial charge in [-0.15, -0.1) is 0 Å². The Labute approximate surface area is 569 Å². The predicted molar refractivity (Wildman–Crippen MR) is 333 cm³/mol. The molecule has 3 aliphatic rings. The molecule has 0 aromatic rings. The summed E-state index contributed by atoms with van der Waals surface area (Å²) in [5, 5.41) is 117. The maximum atomic E-state index is 12.9. The number of esters is 2. The number of aliphatic hydroxyl groups excluding tert-OH is 10. The van der Waals surface area contributed by atoms with Crippen molar-refractivity contribution in [3.63, 3.8) is 0 Å². The van der Waals surface area contributed by atoms with Crippen LogP contribution < -0.4 is 34.7 Å². The summed E-state index contributed by atoms with van der Waals surface area (Å²) in [6, 6.07) is 0. The maximum Gasteiger partial charge on any atom is 1.00 e. The molecule has 3 heterocycles. The third-order valence-corrected chi connectivity index (χ3v) is 17.9. The molecule has 28 heteroatoms. The fourth-order valence-electron chi connectivity index (χ4n) is 11.2. The molecule has 17 atom stereocenters. The first-order valence-electron chi connectivity index (χ1n) is 34.6. The van der Waals surface area contributed by atoms with Crippen molar-refractivity contribution in [3.05, 3.63) is 0 Å². The van der Waals surface area contributed by atoms with Crippen molar-refractivity contribution in [2.45, 2.75) is 337 Å². The van der Waals surface area contributed by atoms with E-state index in [1.165, 1.54) is 116 Å². The van der Waals surface area contributed by atoms with Gasteiger partial charge in [0.2, 0.25) is 0 Å². The number of aliphatic hydroxyl groups is 10. The van der Waals surface area contributed by atoms with Crippen molar-refractivity contribution in [3.8, 4) is 0 Å². The Morgan fingerprint density at radius 3 is 1.37 bits per heavy atom. The molecule has 0 bridgehead atoms. The smallest absolute Gasteiger partial charge is 0.862 e. The Hall–Kier alpha value is -1.12. The zero-order valence-corrected chi connectivity index (χ0v) is 58.6. The minimum Gasteiger partial charge on any atom is -0.862 e. The van der Waals surface area contributed by atoms with Gasteiger partial charge in [-0.2, -0.15) is 0 Å². The van der Waals surface area contributed by atoms with Gasteiger partial charge in [0.05, 0.1) is 39.6 Å². The Morgan fingerprint density at radius 1 is 0.467 bits per heavy atom. The number of phosphoric ester groups is 1. The van der Waals surface area contributed by atoms with Crippen LogP contribution in [0.25, 0.3) is 0 Å². The van der Waals surface area contributed by atoms with E-state index in [0.717, 1.165) is 51.4 Å². The van der Waals surface area contributed by atoms with Crippen LogP contribution in [0.5, 0.6) is 0 Å². The van der Waals surface area contributed by atoms with Crippen molar-refractivity contribution in [2.24, 2.45) is 4.99 Å². The van der Waals surface area contributed by atoms with Crippen molar-refractivity contribution < 1.29 is 152 Å². The molecule has 26 nitrogen and oxygen atoms in total. The van der Waals surface area contributed by atoms with Crippen molar-refractivity contribution in [1.29, 1.82) is 0 Å². The quantitative estimate of drug-likeness (QED) is 0.0104. The molecule has 1 unspecified atom stereocenters. The molecular formula is C64H119NNaO25P. The Kier molecular flexibility index (Phi) is 50.0. The van der Waals surface area contributed by atoms with E-state index >= 15 is 0 Å². The Balaban J connectivity index is 0.0000288. The summed E-state index contributed by atoms with van der Waals surface area (Å²) >= 11 is 0. The van der Waals surface area contributed by atoms with E-state index < -0.39 is 157 Å². The summed E-state index contributed by atoms with van der Waals surface area (Å²) in [5.41, 5.74) is 0. The molecule has 3 rings (SSSR count). The number of unbranched alkanes of at least 4 members (excludes halogenated alkanes) is 29. The minimum absolute atomic E-state index is 0. The number of ether oxygens (including phenoxy) is 8. The Bertz CT molecular complexity index is 1920. The van der Waals surface area contributed by atoms with E-state index in [-0.39, 0.29) is 68.6 Å². The van der Waals surface area contributed by atoms with E-state index in [1.54, 1.807) is 0 Å². The molecule has 3 fully saturated rings. The van der Waals surface area contributed by atoms with Crippen LogP contribution in [0.2, 0.25) is 0 Å². The molecule has 0 aromatic carbocycles. The number of phosphoric acid groups is 1. The summed E-state index contributed by atoms with van der Waals surface area (Å²) in [6.07, 6.45) is 8.42. The molecule has 0 spiro atoms. The van der Waals surface area contributed by atoms with Gasteiger partial charge in [-0.3, -0.25) is 18.6 Å². The first kappa shape index (κ1) is 87.0. The molecule has 536 valence electrons. The van der Waals surface area contributed by atoms with Crippen LogP contribution in [-0.2, 0) is 61.1 Å². The zero-order valence-electron chi connectivity index (χ0n) is 55.7. The third-order valence-electron chi connectivity index (χ3n) is 16.9. The average molecular weight is 1360 g/mol. The largest absolute Gasteiger partial charge is 1.00 e. The van der Waals surface area contributed by atoms with Crippen molar-refractivity contribution in [2.75, 3.05) is 52.8 Å². The van der Waals surface area contributed by atoms with Gasteiger partial charge >= 0.3 is 49.3 Å². The number of carbonyl (C=O) groups is 2. The SMILES string of the molecule is CCCCCCCCCCCCCCCC(=O)OC[C@H](COP(=O)(O)OCCN=C([O-])CCCCCCCCO[C@H]1O[C@H](CO[C@H]2O[C@H](CO)[C@@H](O)[C@H](O)[C@@H]2O)[C@@H](O)[C@H](O[C@H]2O[C@H](CO)[C@@H](O)[C@H](O)[C@@H]2O)[C@@H]1O)OC(=O)CCCCCCCCCCCCCCC.[Na+]. The number of carbonyl (C=O) groups excluding carboxylic acids is 2. The van der Waals surface area contributed by atoms with Gasteiger partial charge in [-0.25, -0.2) is 4.57 Å². The molecule has 0 amide bonds. The van der Waals surface area contributed by atoms with Crippen LogP contribution >= 0.6 is 7.82 Å². The second kappa shape index (κ2) is 52.9. The van der Waals surface area contributed by atoms with E-state index in [0.29, 0.717) is 38.5 Å². The van der Waals surface area contributed by atoms with Gasteiger partial charge in [0.15, 0.2) is 25.0 Å². The number of hydrogen-bond acceptors (Lipinski definition) is 25. The van der Waals surface area contributed by atoms with Gasteiger partial charge < -0.3 is 104 Å². The van der Waals surface area contributed by atoms with Crippen LogP contribution in [0.1, 0.15) is 239 Å². The summed E-state index contributed by atoms with van der Waals surface area (Å²) in [6.45, 7) is 0.811. The molecular weight excluding hydrogens is 1240 g/mol. The third kappa shape index (κ3) is 36.6. The molecule has 3 aliphatic heterocycles. The number of hydrogen-bond donors (Lipinski definition) is 11. The van der Waals surface area contributed by atoms with Gasteiger partial charge in [-0.05, 0) is 38.0 Å². The molecule has 92 heavy (non-hydrogen) atoms. The standard InChI is InChI=1S/C64H120NO25P.Na/c1-3-5-7-9-11-13-15-17-19-21-23-28-32-36-51(69)82-43-46(86-52(70)37-33-29-24-22-20-18-16-14-12-10-8-6-4-2)44-85-91(79,80)84-40-38-65-50(68)35-31-27-25-26-30-34-39-81-63-60(78)61(90-64-59(77)57(75)54(72)48(42-67)88-64)55(73)49(89-63)45-83-62-58(76)56(74)53(71)47(41-66)87-62;/h46-49,53-64,66-67,71-78H,3-45H2,1-2H3,(H,65,68)(H,79,80);/q;+1/p-1/t46-,47-,48-,49-,53-,54-,55-,56+,57+,58+,59+,60+,61+,62+,63+,64-;/m1./s1. The van der Waals surface area contributed by atoms with Crippen LogP contribution in [0.15, 0.2) is 4.99 Å². The number of rotatable bonds is 55. The van der Waals surface area contributed by atoms with Gasteiger partial charge in [-0.1, -0.05) is 194 Å². The van der Waals surface area contributed by atoms with Crippen molar-refractivity contribution in [1.82, 2.24) is 0 Å². The molecule has 0 aromatic heterocycles. The monoisotopic (exact) mass is 1360 g/mol. The number of nitrogens with zero attached hydrogens (tertiary/aromatic N) is 1. The average Bonchev–Trinajstić information content (AvgIpc) is 0.802. The van der Waals surface area contributed by atoms with E-state index in [4.69, 9.17) is 46.9 Å². The second-order valence-corrected chi connectivity index (χ2v) is 26.2.